The number of halogens is 3. The van der Waals surface area contributed by atoms with Gasteiger partial charge < -0.3 is 9.73 Å². The zero-order valence-electron chi connectivity index (χ0n) is 9.04. The van der Waals surface area contributed by atoms with Crippen molar-refractivity contribution in [1.82, 2.24) is 5.32 Å². The topological polar surface area (TPSA) is 42.2 Å². The molecule has 0 bridgehead atoms. The van der Waals surface area contributed by atoms with Crippen molar-refractivity contribution >= 4 is 37.8 Å². The van der Waals surface area contributed by atoms with E-state index in [1.54, 1.807) is 18.2 Å². The van der Waals surface area contributed by atoms with Crippen molar-refractivity contribution < 1.29 is 13.6 Å². The summed E-state index contributed by atoms with van der Waals surface area (Å²) in [5, 5.41) is 2.65. The number of hydrogen-bond donors (Lipinski definition) is 1. The Morgan fingerprint density at radius 2 is 2.06 bits per heavy atom. The van der Waals surface area contributed by atoms with Crippen LogP contribution < -0.4 is 5.32 Å². The van der Waals surface area contributed by atoms with Crippen LogP contribution in [0, 0.1) is 5.82 Å². The second-order valence-corrected chi connectivity index (χ2v) is 5.16. The van der Waals surface area contributed by atoms with Gasteiger partial charge in [-0.2, -0.15) is 0 Å². The molecule has 1 aromatic carbocycles. The Bertz CT molecular complexity index is 583. The fraction of sp³-hybridized carbons (Fsp3) is 0.0833. The van der Waals surface area contributed by atoms with Gasteiger partial charge in [-0.15, -0.1) is 0 Å². The van der Waals surface area contributed by atoms with E-state index in [4.69, 9.17) is 4.42 Å². The summed E-state index contributed by atoms with van der Waals surface area (Å²) in [6, 6.07) is 7.49. The summed E-state index contributed by atoms with van der Waals surface area (Å²) < 4.78 is 19.4. The highest BCUT2D eigenvalue weighted by molar-refractivity contribution is 9.10. The molecule has 3 nitrogen and oxygen atoms in total. The lowest BCUT2D eigenvalue weighted by molar-refractivity contribution is 0.0921. The first-order valence-electron chi connectivity index (χ1n) is 5.04. The highest BCUT2D eigenvalue weighted by Crippen LogP contribution is 2.18. The molecule has 0 aliphatic rings. The summed E-state index contributed by atoms with van der Waals surface area (Å²) >= 11 is 6.41. The summed E-state index contributed by atoms with van der Waals surface area (Å²) in [7, 11) is 0. The van der Waals surface area contributed by atoms with Crippen molar-refractivity contribution in [2.45, 2.75) is 6.54 Å². The van der Waals surface area contributed by atoms with Gasteiger partial charge in [0.05, 0.1) is 0 Å². The highest BCUT2D eigenvalue weighted by atomic mass is 79.9. The molecule has 0 aliphatic heterocycles. The second-order valence-electron chi connectivity index (χ2n) is 3.52. The lowest BCUT2D eigenvalue weighted by atomic mass is 10.2. The highest BCUT2D eigenvalue weighted by Gasteiger charge is 2.10. The van der Waals surface area contributed by atoms with Crippen LogP contribution >= 0.6 is 31.9 Å². The van der Waals surface area contributed by atoms with E-state index in [0.717, 1.165) is 4.47 Å². The van der Waals surface area contributed by atoms with E-state index in [2.05, 4.69) is 37.2 Å². The largest absolute Gasteiger partial charge is 0.444 e. The summed E-state index contributed by atoms with van der Waals surface area (Å²) in [4.78, 5) is 11.7. The minimum atomic E-state index is -0.350. The molecule has 1 heterocycles. The molecule has 0 saturated heterocycles. The number of furan rings is 1. The predicted molar refractivity (Wildman–Crippen MR) is 71.7 cm³/mol. The first kappa shape index (κ1) is 13.3. The molecular weight excluding hydrogens is 369 g/mol. The molecule has 0 fully saturated rings. The molecule has 1 amide bonds. The molecule has 2 aromatic rings. The van der Waals surface area contributed by atoms with Crippen LogP contribution in [0.25, 0.3) is 0 Å². The number of nitrogens with one attached hydrogen (secondary N) is 1. The number of amides is 1. The Balaban J connectivity index is 2.03. The third-order valence-electron chi connectivity index (χ3n) is 2.24. The molecule has 0 atom stereocenters. The van der Waals surface area contributed by atoms with E-state index in [1.807, 2.05) is 0 Å². The van der Waals surface area contributed by atoms with Crippen LogP contribution in [0.15, 0.2) is 43.9 Å². The first-order chi connectivity index (χ1) is 8.56. The van der Waals surface area contributed by atoms with Gasteiger partial charge >= 0.3 is 0 Å². The molecule has 18 heavy (non-hydrogen) atoms. The Labute approximate surface area is 120 Å². The van der Waals surface area contributed by atoms with E-state index in [0.29, 0.717) is 10.2 Å². The number of carbonyl (C=O) groups excluding carboxylic acids is 1. The Kier molecular flexibility index (Phi) is 4.19. The van der Waals surface area contributed by atoms with Crippen LogP contribution in [0.1, 0.15) is 16.1 Å². The summed E-state index contributed by atoms with van der Waals surface area (Å²) in [6.45, 7) is 0.218. The van der Waals surface area contributed by atoms with Gasteiger partial charge in [-0.1, -0.05) is 15.9 Å². The summed E-state index contributed by atoms with van der Waals surface area (Å²) in [6.07, 6.45) is 0. The molecular formula is C12H8Br2FNO2. The van der Waals surface area contributed by atoms with E-state index in [1.165, 1.54) is 12.1 Å². The normalized spacial score (nSPS) is 10.4. The third kappa shape index (κ3) is 3.20. The van der Waals surface area contributed by atoms with Crippen LogP contribution in [0.5, 0.6) is 0 Å². The monoisotopic (exact) mass is 375 g/mol. The van der Waals surface area contributed by atoms with Crippen molar-refractivity contribution in [2.75, 3.05) is 0 Å². The van der Waals surface area contributed by atoms with Crippen LogP contribution in [-0.4, -0.2) is 5.91 Å². The third-order valence-corrected chi connectivity index (χ3v) is 3.44. The second kappa shape index (κ2) is 5.67. The lowest BCUT2D eigenvalue weighted by Gasteiger charge is -2.06. The van der Waals surface area contributed by atoms with Crippen molar-refractivity contribution in [3.63, 3.8) is 0 Å². The van der Waals surface area contributed by atoms with Gasteiger partial charge in [-0.25, -0.2) is 4.39 Å². The van der Waals surface area contributed by atoms with Crippen LogP contribution in [0.3, 0.4) is 0 Å². The Morgan fingerprint density at radius 3 is 2.72 bits per heavy atom. The van der Waals surface area contributed by atoms with Crippen molar-refractivity contribution in [2.24, 2.45) is 0 Å². The zero-order valence-corrected chi connectivity index (χ0v) is 12.2. The van der Waals surface area contributed by atoms with Crippen molar-refractivity contribution in [3.8, 4) is 0 Å². The average Bonchev–Trinajstić information content (AvgIpc) is 2.77. The maximum Gasteiger partial charge on any atom is 0.287 e. The number of rotatable bonds is 3. The fourth-order valence-corrected chi connectivity index (χ4v) is 2.07. The standard InChI is InChI=1S/C12H8Br2FNO2/c13-9-2-1-8(15)5-7(9)6-16-12(17)10-3-4-11(14)18-10/h1-5H,6H2,(H,16,17). The fourth-order valence-electron chi connectivity index (χ4n) is 1.38. The minimum absolute atomic E-state index is 0.203. The van der Waals surface area contributed by atoms with Gasteiger partial charge in [0.15, 0.2) is 10.4 Å². The average molecular weight is 377 g/mol. The quantitative estimate of drug-likeness (QED) is 0.883. The van der Waals surface area contributed by atoms with Gasteiger partial charge in [0, 0.05) is 11.0 Å². The molecule has 0 unspecified atom stereocenters. The molecule has 1 N–H and O–H groups in total. The van der Waals surface area contributed by atoms with Gasteiger partial charge in [-0.3, -0.25) is 4.79 Å². The first-order valence-corrected chi connectivity index (χ1v) is 6.62. The molecule has 0 spiro atoms. The Morgan fingerprint density at radius 1 is 1.28 bits per heavy atom. The summed E-state index contributed by atoms with van der Waals surface area (Å²) in [5.41, 5.74) is 0.661. The SMILES string of the molecule is O=C(NCc1cc(F)ccc1Br)c1ccc(Br)o1. The summed E-state index contributed by atoms with van der Waals surface area (Å²) in [5.74, 6) is -0.491. The molecule has 2 rings (SSSR count). The molecule has 0 radical (unpaired) electrons. The smallest absolute Gasteiger partial charge is 0.287 e. The van der Waals surface area contributed by atoms with Crippen LogP contribution in [-0.2, 0) is 6.54 Å². The number of carbonyl (C=O) groups is 1. The van der Waals surface area contributed by atoms with E-state index < -0.39 is 0 Å². The van der Waals surface area contributed by atoms with Crippen molar-refractivity contribution in [1.29, 1.82) is 0 Å². The van der Waals surface area contributed by atoms with E-state index in [-0.39, 0.29) is 24.0 Å². The van der Waals surface area contributed by atoms with Gasteiger partial charge in [0.25, 0.3) is 5.91 Å². The van der Waals surface area contributed by atoms with Crippen LogP contribution in [0.4, 0.5) is 4.39 Å². The van der Waals surface area contributed by atoms with Crippen molar-refractivity contribution in [3.05, 3.63) is 56.6 Å². The Hall–Kier alpha value is -1.14. The van der Waals surface area contributed by atoms with Gasteiger partial charge in [0.1, 0.15) is 5.82 Å². The van der Waals surface area contributed by atoms with Gasteiger partial charge in [0.2, 0.25) is 0 Å². The molecule has 1 aromatic heterocycles. The van der Waals surface area contributed by atoms with Crippen LogP contribution in [0.2, 0.25) is 0 Å². The van der Waals surface area contributed by atoms with E-state index in [9.17, 15) is 9.18 Å². The van der Waals surface area contributed by atoms with Gasteiger partial charge in [-0.05, 0) is 51.8 Å². The molecule has 94 valence electrons. The molecule has 6 heteroatoms. The molecule has 0 aliphatic carbocycles. The lowest BCUT2D eigenvalue weighted by Crippen LogP contribution is -2.22. The maximum atomic E-state index is 13.0. The number of benzene rings is 1. The maximum absolute atomic E-state index is 13.0. The molecule has 0 saturated carbocycles. The zero-order chi connectivity index (χ0) is 13.1. The predicted octanol–water partition coefficient (Wildman–Crippen LogP) is 3.87. The minimum Gasteiger partial charge on any atom is -0.444 e. The number of hydrogen-bond acceptors (Lipinski definition) is 2. The van der Waals surface area contributed by atoms with E-state index >= 15 is 0 Å².